The molecule has 2 aliphatic heterocycles. The third kappa shape index (κ3) is 7.01. The number of carbonyl (C=O) groups excluding carboxylic acids is 3. The summed E-state index contributed by atoms with van der Waals surface area (Å²) in [5.74, 6) is -0.471. The summed E-state index contributed by atoms with van der Waals surface area (Å²) in [7, 11) is -1.09. The Morgan fingerprint density at radius 1 is 0.875 bits per heavy atom. The van der Waals surface area contributed by atoms with E-state index < -0.39 is 24.9 Å². The molecule has 0 bridgehead atoms. The van der Waals surface area contributed by atoms with Gasteiger partial charge in [-0.25, -0.2) is 14.5 Å². The van der Waals surface area contributed by atoms with Crippen molar-refractivity contribution in [3.63, 3.8) is 0 Å². The zero-order valence-electron chi connectivity index (χ0n) is 37.8. The first kappa shape index (κ1) is 42.1. The van der Waals surface area contributed by atoms with Gasteiger partial charge in [0.1, 0.15) is 12.4 Å². The number of aromatic nitrogens is 7. The van der Waals surface area contributed by atoms with Crippen LogP contribution in [0.4, 0.5) is 16.5 Å². The van der Waals surface area contributed by atoms with Crippen molar-refractivity contribution >= 4 is 75.5 Å². The number of aromatic amines is 3. The number of hydrogen-bond donors (Lipinski definition) is 4. The first-order chi connectivity index (χ1) is 30.5. The lowest BCUT2D eigenvalue weighted by Gasteiger charge is -2.17. The van der Waals surface area contributed by atoms with E-state index in [0.717, 1.165) is 113 Å². The highest BCUT2D eigenvalue weighted by Gasteiger charge is 2.46. The zero-order valence-corrected chi connectivity index (χ0v) is 39.6. The SMILES string of the molecule is CC1(C)C(=O)Nc2cc3c4c([nH]c3cc21)-c1nn(COCC[Si](C)(C)C)cc1CCC4.CCOC(=O)c1csc(N2C(=O)C(C)(C)c3cc4[nH]c5c(c4cc32)CCCc2cn[nH]c2-5)n1. The van der Waals surface area contributed by atoms with Gasteiger partial charge in [-0.1, -0.05) is 19.6 Å². The lowest BCUT2D eigenvalue weighted by atomic mass is 9.85. The third-order valence-corrected chi connectivity index (χ3v) is 15.9. The predicted molar refractivity (Wildman–Crippen MR) is 253 cm³/mol. The number of thiazole rings is 1. The summed E-state index contributed by atoms with van der Waals surface area (Å²) < 4.78 is 12.9. The predicted octanol–water partition coefficient (Wildman–Crippen LogP) is 9.70. The summed E-state index contributed by atoms with van der Waals surface area (Å²) in [4.78, 5) is 51.4. The third-order valence-electron chi connectivity index (χ3n) is 13.4. The molecule has 0 saturated carbocycles. The number of anilines is 3. The molecule has 11 rings (SSSR count). The van der Waals surface area contributed by atoms with E-state index in [-0.39, 0.29) is 24.1 Å². The number of aryl methyl sites for hydroxylation is 4. The van der Waals surface area contributed by atoms with Crippen LogP contribution in [0, 0.1) is 0 Å². The average Bonchev–Trinajstić information content (AvgIpc) is 4.11. The van der Waals surface area contributed by atoms with E-state index in [1.165, 1.54) is 39.0 Å². The van der Waals surface area contributed by atoms with Crippen molar-refractivity contribution in [2.24, 2.45) is 0 Å². The van der Waals surface area contributed by atoms with Crippen molar-refractivity contribution in [1.82, 2.24) is 34.9 Å². The van der Waals surface area contributed by atoms with E-state index in [0.29, 0.717) is 11.9 Å². The molecule has 2 amide bonds. The highest BCUT2D eigenvalue weighted by Crippen LogP contribution is 2.49. The van der Waals surface area contributed by atoms with Gasteiger partial charge < -0.3 is 24.8 Å². The van der Waals surface area contributed by atoms with Gasteiger partial charge >= 0.3 is 5.97 Å². The Hall–Kier alpha value is -5.84. The number of esters is 1. The lowest BCUT2D eigenvalue weighted by Crippen LogP contribution is -2.33. The average molecular weight is 898 g/mol. The molecule has 16 heteroatoms. The number of amides is 2. The molecule has 2 aliphatic carbocycles. The Labute approximate surface area is 376 Å². The van der Waals surface area contributed by atoms with Crippen LogP contribution in [-0.2, 0) is 62.3 Å². The largest absolute Gasteiger partial charge is 0.461 e. The standard InChI is InChI=1S/C24H23N5O3S.C24H32N4O2Si/c1-4-32-21(30)17-11-33-23(27-17)29-18-8-14-13-7-5-6-12-10-25-28-19(12)20(13)26-16(14)9-15(18)24(2,3)22(29)31;1-24(2)18-12-19-17(11-20(18)26-23(24)29)16-8-6-7-15-13-28(27-21(15)22(16)25-19)14-30-9-10-31(3,4)5/h8-11,26H,4-7H2,1-3H3,(H,25,28);11-13,25H,6-10,14H2,1-5H3,(H,26,29). The number of hydrogen-bond acceptors (Lipinski definition) is 9. The number of H-pyrrole nitrogens is 3. The van der Waals surface area contributed by atoms with Crippen LogP contribution in [-0.4, -0.2) is 74.0 Å². The lowest BCUT2D eigenvalue weighted by molar-refractivity contribution is -0.121. The molecule has 0 radical (unpaired) electrons. The monoisotopic (exact) mass is 897 g/mol. The summed E-state index contributed by atoms with van der Waals surface area (Å²) in [6.45, 7) is 18.3. The molecule has 332 valence electrons. The van der Waals surface area contributed by atoms with Crippen LogP contribution >= 0.6 is 11.3 Å². The van der Waals surface area contributed by atoms with Gasteiger partial charge in [0.25, 0.3) is 0 Å². The van der Waals surface area contributed by atoms with Crippen molar-refractivity contribution in [2.45, 2.75) is 116 Å². The van der Waals surface area contributed by atoms with Gasteiger partial charge in [0, 0.05) is 53.8 Å². The van der Waals surface area contributed by atoms with Crippen LogP contribution in [0.1, 0.15) is 91.3 Å². The minimum Gasteiger partial charge on any atom is -0.461 e. The number of carbonyl (C=O) groups is 3. The molecule has 7 heterocycles. The maximum absolute atomic E-state index is 13.5. The van der Waals surface area contributed by atoms with Crippen molar-refractivity contribution in [1.29, 1.82) is 0 Å². The minimum atomic E-state index is -1.09. The van der Waals surface area contributed by atoms with E-state index in [4.69, 9.17) is 14.6 Å². The Bertz CT molecular complexity index is 3030. The summed E-state index contributed by atoms with van der Waals surface area (Å²) in [5.41, 5.74) is 14.2. The van der Waals surface area contributed by atoms with Crippen LogP contribution in [0.2, 0.25) is 25.7 Å². The smallest absolute Gasteiger partial charge is 0.357 e. The van der Waals surface area contributed by atoms with Crippen molar-refractivity contribution in [2.75, 3.05) is 23.4 Å². The number of fused-ring (bicyclic) bond motifs is 12. The van der Waals surface area contributed by atoms with Crippen molar-refractivity contribution in [3.8, 4) is 22.8 Å². The number of nitrogens with one attached hydrogen (secondary N) is 4. The van der Waals surface area contributed by atoms with Gasteiger partial charge in [-0.05, 0) is 137 Å². The summed E-state index contributed by atoms with van der Waals surface area (Å²) >= 11 is 1.27. The molecule has 4 N–H and O–H groups in total. The van der Waals surface area contributed by atoms with Crippen LogP contribution < -0.4 is 10.2 Å². The summed E-state index contributed by atoms with van der Waals surface area (Å²) in [6, 6.07) is 9.64. The molecule has 7 aromatic rings. The Morgan fingerprint density at radius 2 is 1.58 bits per heavy atom. The fourth-order valence-electron chi connectivity index (χ4n) is 9.67. The highest BCUT2D eigenvalue weighted by atomic mass is 32.1. The van der Waals surface area contributed by atoms with E-state index in [2.05, 4.69) is 80.6 Å². The van der Waals surface area contributed by atoms with E-state index in [1.807, 2.05) is 38.6 Å². The molecule has 0 fully saturated rings. The quantitative estimate of drug-likeness (QED) is 0.0662. The molecule has 64 heavy (non-hydrogen) atoms. The molecular formula is C48H55N9O5SSi. The Morgan fingerprint density at radius 3 is 2.33 bits per heavy atom. The fraction of sp³-hybridized carbons (Fsp3) is 0.417. The first-order valence-corrected chi connectivity index (χ1v) is 27.0. The molecule has 5 aromatic heterocycles. The van der Waals surface area contributed by atoms with Crippen molar-refractivity contribution in [3.05, 3.63) is 81.1 Å². The maximum atomic E-state index is 13.5. The number of ether oxygens (including phenoxy) is 2. The zero-order chi connectivity index (χ0) is 44.9. The molecule has 0 saturated heterocycles. The van der Waals surface area contributed by atoms with Gasteiger partial charge in [-0.2, -0.15) is 10.2 Å². The Kier molecular flexibility index (Phi) is 10.1. The number of rotatable bonds is 8. The topological polar surface area (TPSA) is 176 Å². The molecule has 0 atom stereocenters. The van der Waals surface area contributed by atoms with Gasteiger partial charge in [-0.3, -0.25) is 19.6 Å². The summed E-state index contributed by atoms with van der Waals surface area (Å²) in [5, 5.41) is 19.8. The molecular weight excluding hydrogens is 843 g/mol. The second-order valence-electron chi connectivity index (χ2n) is 19.8. The highest BCUT2D eigenvalue weighted by molar-refractivity contribution is 7.14. The van der Waals surface area contributed by atoms with Gasteiger partial charge in [-0.15, -0.1) is 11.3 Å². The van der Waals surface area contributed by atoms with Gasteiger partial charge in [0.05, 0.1) is 46.4 Å². The molecule has 4 aliphatic rings. The van der Waals surface area contributed by atoms with Crippen LogP contribution in [0.5, 0.6) is 0 Å². The van der Waals surface area contributed by atoms with Gasteiger partial charge in [0.2, 0.25) is 11.8 Å². The van der Waals surface area contributed by atoms with Gasteiger partial charge in [0.15, 0.2) is 10.8 Å². The minimum absolute atomic E-state index is 0.0585. The number of benzene rings is 2. The van der Waals surface area contributed by atoms with E-state index in [9.17, 15) is 14.4 Å². The first-order valence-electron chi connectivity index (χ1n) is 22.4. The molecule has 0 unspecified atom stereocenters. The maximum Gasteiger partial charge on any atom is 0.357 e. The van der Waals surface area contributed by atoms with E-state index in [1.54, 1.807) is 17.2 Å². The van der Waals surface area contributed by atoms with Crippen molar-refractivity contribution < 1.29 is 23.9 Å². The fourth-order valence-corrected chi connectivity index (χ4v) is 11.2. The normalized spacial score (nSPS) is 16.8. The Balaban J connectivity index is 0.000000152. The van der Waals surface area contributed by atoms with Crippen LogP contribution in [0.3, 0.4) is 0 Å². The molecule has 14 nitrogen and oxygen atoms in total. The summed E-state index contributed by atoms with van der Waals surface area (Å²) in [6.07, 6.45) is 10.1. The second-order valence-corrected chi connectivity index (χ2v) is 26.2. The van der Waals surface area contributed by atoms with Crippen LogP contribution in [0.25, 0.3) is 44.6 Å². The molecule has 0 spiro atoms. The molecule has 2 aromatic carbocycles. The number of nitrogens with zero attached hydrogens (tertiary/aromatic N) is 5. The second kappa shape index (κ2) is 15.4. The van der Waals surface area contributed by atoms with Crippen LogP contribution in [0.15, 0.2) is 42.0 Å². The van der Waals surface area contributed by atoms with E-state index >= 15 is 0 Å².